The van der Waals surface area contributed by atoms with Crippen LogP contribution in [0.2, 0.25) is 0 Å². The molecule has 0 bridgehead atoms. The highest BCUT2D eigenvalue weighted by Crippen LogP contribution is 2.24. The molecule has 1 aromatic heterocycles. The zero-order valence-corrected chi connectivity index (χ0v) is 14.4. The Labute approximate surface area is 150 Å². The Morgan fingerprint density at radius 1 is 0.846 bits per heavy atom. The van der Waals surface area contributed by atoms with Gasteiger partial charge in [-0.1, -0.05) is 36.4 Å². The Bertz CT molecular complexity index is 991. The molecule has 0 fully saturated rings. The fourth-order valence-electron chi connectivity index (χ4n) is 2.46. The Hall–Kier alpha value is -3.47. The molecule has 0 spiro atoms. The second-order valence-corrected chi connectivity index (χ2v) is 5.65. The maximum atomic E-state index is 11.3. The predicted molar refractivity (Wildman–Crippen MR) is 99.7 cm³/mol. The third-order valence-electron chi connectivity index (χ3n) is 3.55. The first kappa shape index (κ1) is 17.4. The van der Waals surface area contributed by atoms with Crippen LogP contribution < -0.4 is 9.47 Å². The van der Waals surface area contributed by atoms with Crippen LogP contribution in [0.25, 0.3) is 23.1 Å². The van der Waals surface area contributed by atoms with E-state index in [4.69, 9.17) is 9.47 Å². The van der Waals surface area contributed by atoms with Gasteiger partial charge in [-0.15, -0.1) is 0 Å². The topological polar surface area (TPSA) is 65.5 Å². The number of hydrogen-bond acceptors (Lipinski definition) is 5. The summed E-state index contributed by atoms with van der Waals surface area (Å²) in [7, 11) is 0. The lowest BCUT2D eigenvalue weighted by molar-refractivity contribution is -0.132. The van der Waals surface area contributed by atoms with Crippen LogP contribution in [0.1, 0.15) is 25.1 Å². The second kappa shape index (κ2) is 7.61. The molecule has 0 aliphatic heterocycles. The summed E-state index contributed by atoms with van der Waals surface area (Å²) < 4.78 is 10.2. The van der Waals surface area contributed by atoms with E-state index in [-0.39, 0.29) is 11.9 Å². The number of ether oxygens (including phenoxy) is 2. The predicted octanol–water partition coefficient (Wildman–Crippen LogP) is 4.26. The standard InChI is InChI=1S/C21H17NO4/c1-14(23)25-19-12-7-16(8-13-19)6-10-18-11-9-17-4-3-5-20(21(17)22-18)26-15(2)24/h3-13H,1-2H3. The fraction of sp³-hybridized carbons (Fsp3) is 0.0952. The third-order valence-corrected chi connectivity index (χ3v) is 3.55. The summed E-state index contributed by atoms with van der Waals surface area (Å²) in [5, 5.41) is 0.895. The molecule has 1 heterocycles. The van der Waals surface area contributed by atoms with Crippen molar-refractivity contribution in [3.8, 4) is 11.5 Å². The number of aromatic nitrogens is 1. The summed E-state index contributed by atoms with van der Waals surface area (Å²) in [6, 6.07) is 16.4. The van der Waals surface area contributed by atoms with Crippen molar-refractivity contribution < 1.29 is 19.1 Å². The van der Waals surface area contributed by atoms with Gasteiger partial charge in [-0.05, 0) is 35.9 Å². The average Bonchev–Trinajstić information content (AvgIpc) is 2.60. The number of rotatable bonds is 4. The van der Waals surface area contributed by atoms with Gasteiger partial charge in [0.15, 0.2) is 5.75 Å². The Kier molecular flexibility index (Phi) is 5.08. The van der Waals surface area contributed by atoms with E-state index in [1.807, 2.05) is 48.6 Å². The van der Waals surface area contributed by atoms with Gasteiger partial charge in [0, 0.05) is 19.2 Å². The summed E-state index contributed by atoms with van der Waals surface area (Å²) >= 11 is 0. The maximum absolute atomic E-state index is 11.3. The summed E-state index contributed by atoms with van der Waals surface area (Å²) in [6.07, 6.45) is 3.77. The lowest BCUT2D eigenvalue weighted by atomic mass is 10.1. The number of fused-ring (bicyclic) bond motifs is 1. The Balaban J connectivity index is 1.85. The third kappa shape index (κ3) is 4.33. The number of carbonyl (C=O) groups is 2. The van der Waals surface area contributed by atoms with Crippen LogP contribution in [0.3, 0.4) is 0 Å². The smallest absolute Gasteiger partial charge is 0.308 e. The quantitative estimate of drug-likeness (QED) is 0.521. The van der Waals surface area contributed by atoms with E-state index < -0.39 is 0 Å². The molecule has 5 heteroatoms. The molecular weight excluding hydrogens is 330 g/mol. The highest BCUT2D eigenvalue weighted by Gasteiger charge is 2.06. The molecule has 0 saturated carbocycles. The molecule has 0 radical (unpaired) electrons. The van der Waals surface area contributed by atoms with Crippen LogP contribution in [0.4, 0.5) is 0 Å². The molecule has 3 aromatic rings. The van der Waals surface area contributed by atoms with Crippen LogP contribution in [0.15, 0.2) is 54.6 Å². The fourth-order valence-corrected chi connectivity index (χ4v) is 2.46. The molecule has 130 valence electrons. The summed E-state index contributed by atoms with van der Waals surface area (Å²) in [5.41, 5.74) is 2.31. The highest BCUT2D eigenvalue weighted by atomic mass is 16.5. The van der Waals surface area contributed by atoms with Gasteiger partial charge >= 0.3 is 11.9 Å². The van der Waals surface area contributed by atoms with Crippen LogP contribution in [-0.4, -0.2) is 16.9 Å². The van der Waals surface area contributed by atoms with Gasteiger partial charge in [0.2, 0.25) is 0 Å². The van der Waals surface area contributed by atoms with Gasteiger partial charge in [-0.2, -0.15) is 0 Å². The molecule has 0 saturated heterocycles. The molecule has 0 amide bonds. The number of nitrogens with zero attached hydrogens (tertiary/aromatic N) is 1. The van der Waals surface area contributed by atoms with Gasteiger partial charge in [0.05, 0.1) is 5.69 Å². The van der Waals surface area contributed by atoms with Crippen molar-refractivity contribution in [2.24, 2.45) is 0 Å². The SMILES string of the molecule is CC(=O)Oc1ccc(C=Cc2ccc3cccc(OC(C)=O)c3n2)cc1. The summed E-state index contributed by atoms with van der Waals surface area (Å²) in [4.78, 5) is 26.8. The molecule has 0 atom stereocenters. The van der Waals surface area contributed by atoms with Crippen molar-refractivity contribution in [1.82, 2.24) is 4.98 Å². The Morgan fingerprint density at radius 2 is 1.58 bits per heavy atom. The molecule has 2 aromatic carbocycles. The highest BCUT2D eigenvalue weighted by molar-refractivity contribution is 5.88. The number of esters is 2. The van der Waals surface area contributed by atoms with Gasteiger partial charge in [0.1, 0.15) is 11.3 Å². The van der Waals surface area contributed by atoms with Crippen LogP contribution in [0, 0.1) is 0 Å². The average molecular weight is 347 g/mol. The van der Waals surface area contributed by atoms with Gasteiger partial charge in [0.25, 0.3) is 0 Å². The minimum Gasteiger partial charge on any atom is -0.427 e. The molecule has 3 rings (SSSR count). The molecule has 0 aliphatic carbocycles. The minimum absolute atomic E-state index is 0.350. The van der Waals surface area contributed by atoms with Crippen molar-refractivity contribution in [3.63, 3.8) is 0 Å². The second-order valence-electron chi connectivity index (χ2n) is 5.65. The molecule has 26 heavy (non-hydrogen) atoms. The number of carbonyl (C=O) groups excluding carboxylic acids is 2. The van der Waals surface area contributed by atoms with Crippen LogP contribution in [0.5, 0.6) is 11.5 Å². The van der Waals surface area contributed by atoms with E-state index in [0.29, 0.717) is 17.0 Å². The van der Waals surface area contributed by atoms with Gasteiger partial charge in [-0.3, -0.25) is 9.59 Å². The van der Waals surface area contributed by atoms with Crippen molar-refractivity contribution in [3.05, 3.63) is 65.9 Å². The monoisotopic (exact) mass is 347 g/mol. The van der Waals surface area contributed by atoms with E-state index in [1.54, 1.807) is 18.2 Å². The maximum Gasteiger partial charge on any atom is 0.308 e. The zero-order valence-electron chi connectivity index (χ0n) is 14.4. The van der Waals surface area contributed by atoms with E-state index >= 15 is 0 Å². The largest absolute Gasteiger partial charge is 0.427 e. The van der Waals surface area contributed by atoms with Crippen LogP contribution >= 0.6 is 0 Å². The lowest BCUT2D eigenvalue weighted by Crippen LogP contribution is -2.02. The van der Waals surface area contributed by atoms with E-state index in [0.717, 1.165) is 16.6 Å². The van der Waals surface area contributed by atoms with Crippen LogP contribution in [-0.2, 0) is 9.59 Å². The van der Waals surface area contributed by atoms with Crippen molar-refractivity contribution >= 4 is 35.0 Å². The number of benzene rings is 2. The summed E-state index contributed by atoms with van der Waals surface area (Å²) in [6.45, 7) is 2.73. The molecule has 0 unspecified atom stereocenters. The van der Waals surface area contributed by atoms with Crippen molar-refractivity contribution in [1.29, 1.82) is 0 Å². The van der Waals surface area contributed by atoms with E-state index in [1.165, 1.54) is 13.8 Å². The van der Waals surface area contributed by atoms with Gasteiger partial charge < -0.3 is 9.47 Å². The number of pyridine rings is 1. The number of hydrogen-bond donors (Lipinski definition) is 0. The first-order chi connectivity index (χ1) is 12.5. The molecular formula is C21H17NO4. The molecule has 0 N–H and O–H groups in total. The number of para-hydroxylation sites is 1. The first-order valence-electron chi connectivity index (χ1n) is 8.06. The van der Waals surface area contributed by atoms with E-state index in [2.05, 4.69) is 4.98 Å². The molecule has 0 aliphatic rings. The van der Waals surface area contributed by atoms with Crippen molar-refractivity contribution in [2.45, 2.75) is 13.8 Å². The van der Waals surface area contributed by atoms with Crippen molar-refractivity contribution in [2.75, 3.05) is 0 Å². The molecule has 5 nitrogen and oxygen atoms in total. The normalized spacial score (nSPS) is 10.8. The Morgan fingerprint density at radius 3 is 2.27 bits per heavy atom. The first-order valence-corrected chi connectivity index (χ1v) is 8.06. The minimum atomic E-state index is -0.381. The lowest BCUT2D eigenvalue weighted by Gasteiger charge is -2.06. The summed E-state index contributed by atoms with van der Waals surface area (Å²) in [5.74, 6) is 0.214. The zero-order chi connectivity index (χ0) is 18.5. The van der Waals surface area contributed by atoms with Gasteiger partial charge in [-0.25, -0.2) is 4.98 Å². The van der Waals surface area contributed by atoms with E-state index in [9.17, 15) is 9.59 Å².